The minimum atomic E-state index is -0.133. The maximum atomic E-state index is 11.5. The fourth-order valence-electron chi connectivity index (χ4n) is 1.40. The topological polar surface area (TPSA) is 62.6 Å². The summed E-state index contributed by atoms with van der Waals surface area (Å²) in [5.41, 5.74) is 1.36. The van der Waals surface area contributed by atoms with Gasteiger partial charge in [-0.05, 0) is 18.2 Å². The van der Waals surface area contributed by atoms with Gasteiger partial charge in [-0.15, -0.1) is 0 Å². The van der Waals surface area contributed by atoms with Crippen LogP contribution in [0.3, 0.4) is 0 Å². The van der Waals surface area contributed by atoms with Gasteiger partial charge in [-0.2, -0.15) is 0 Å². The lowest BCUT2D eigenvalue weighted by molar-refractivity contribution is -0.849. The zero-order chi connectivity index (χ0) is 12.8. The molecule has 0 heterocycles. The summed E-state index contributed by atoms with van der Waals surface area (Å²) < 4.78 is 0. The summed E-state index contributed by atoms with van der Waals surface area (Å²) in [7, 11) is 3.82. The third kappa shape index (κ3) is 5.12. The van der Waals surface area contributed by atoms with E-state index in [9.17, 15) is 9.59 Å². The van der Waals surface area contributed by atoms with Crippen molar-refractivity contribution in [3.8, 4) is 0 Å². The van der Waals surface area contributed by atoms with Gasteiger partial charge in [0.15, 0.2) is 6.54 Å². The van der Waals surface area contributed by atoms with Gasteiger partial charge in [-0.1, -0.05) is 6.07 Å². The van der Waals surface area contributed by atoms with E-state index in [-0.39, 0.29) is 11.8 Å². The molecule has 0 aliphatic heterocycles. The van der Waals surface area contributed by atoms with E-state index < -0.39 is 0 Å². The maximum Gasteiger partial charge on any atom is 0.279 e. The van der Waals surface area contributed by atoms with Crippen LogP contribution in [-0.4, -0.2) is 32.5 Å². The van der Waals surface area contributed by atoms with E-state index in [0.717, 1.165) is 4.90 Å². The Labute approximate surface area is 101 Å². The van der Waals surface area contributed by atoms with Gasteiger partial charge in [0.2, 0.25) is 5.91 Å². The van der Waals surface area contributed by atoms with Crippen molar-refractivity contribution in [2.45, 2.75) is 6.92 Å². The largest absolute Gasteiger partial charge is 0.332 e. The Balaban J connectivity index is 2.65. The Hall–Kier alpha value is -1.88. The van der Waals surface area contributed by atoms with Gasteiger partial charge in [-0.25, -0.2) is 0 Å². The number of anilines is 2. The van der Waals surface area contributed by atoms with Gasteiger partial charge in [0.25, 0.3) is 5.91 Å². The molecule has 92 valence electrons. The number of hydrogen-bond donors (Lipinski definition) is 3. The van der Waals surface area contributed by atoms with Crippen LogP contribution in [0.2, 0.25) is 0 Å². The molecule has 0 bridgehead atoms. The molecule has 0 unspecified atom stereocenters. The van der Waals surface area contributed by atoms with Crippen LogP contribution in [0.25, 0.3) is 0 Å². The standard InChI is InChI=1S/C12H17N3O2/c1-9(16)13-10-5-4-6-11(7-10)14-12(17)8-15(2)3/h4-7H,8H2,1-3H3,(H,13,16)(H,14,17)/p+1. The average molecular weight is 236 g/mol. The predicted molar refractivity (Wildman–Crippen MR) is 67.1 cm³/mol. The second kappa shape index (κ2) is 6.00. The SMILES string of the molecule is CC(=O)Nc1cccc(NC(=O)C[NH+](C)C)c1. The zero-order valence-corrected chi connectivity index (χ0v) is 10.3. The highest BCUT2D eigenvalue weighted by Gasteiger charge is 2.06. The summed E-state index contributed by atoms with van der Waals surface area (Å²) in [5.74, 6) is -0.184. The minimum Gasteiger partial charge on any atom is -0.332 e. The molecule has 0 spiro atoms. The van der Waals surface area contributed by atoms with Crippen LogP contribution >= 0.6 is 0 Å². The lowest BCUT2D eigenvalue weighted by Gasteiger charge is -2.09. The first-order valence-electron chi connectivity index (χ1n) is 5.44. The third-order valence-corrected chi connectivity index (χ3v) is 1.98. The molecule has 1 aromatic carbocycles. The van der Waals surface area contributed by atoms with Crippen LogP contribution in [0.5, 0.6) is 0 Å². The molecular weight excluding hydrogens is 218 g/mol. The third-order valence-electron chi connectivity index (χ3n) is 1.98. The Morgan fingerprint density at radius 2 is 1.76 bits per heavy atom. The summed E-state index contributed by atoms with van der Waals surface area (Å²) in [6.07, 6.45) is 0. The van der Waals surface area contributed by atoms with Crippen molar-refractivity contribution in [2.75, 3.05) is 31.3 Å². The molecule has 0 saturated heterocycles. The molecule has 2 amide bonds. The molecule has 5 heteroatoms. The maximum absolute atomic E-state index is 11.5. The zero-order valence-electron chi connectivity index (χ0n) is 10.3. The quantitative estimate of drug-likeness (QED) is 0.674. The van der Waals surface area contributed by atoms with Crippen molar-refractivity contribution < 1.29 is 14.5 Å². The molecule has 17 heavy (non-hydrogen) atoms. The number of carbonyl (C=O) groups excluding carboxylic acids is 2. The molecule has 0 atom stereocenters. The molecular formula is C12H18N3O2+. The Bertz CT molecular complexity index is 416. The van der Waals surface area contributed by atoms with Crippen molar-refractivity contribution in [1.29, 1.82) is 0 Å². The highest BCUT2D eigenvalue weighted by atomic mass is 16.2. The lowest BCUT2D eigenvalue weighted by atomic mass is 10.2. The smallest absolute Gasteiger partial charge is 0.279 e. The van der Waals surface area contributed by atoms with Crippen molar-refractivity contribution >= 4 is 23.2 Å². The van der Waals surface area contributed by atoms with E-state index in [1.165, 1.54) is 6.92 Å². The van der Waals surface area contributed by atoms with Crippen molar-refractivity contribution in [3.05, 3.63) is 24.3 Å². The van der Waals surface area contributed by atoms with E-state index in [2.05, 4.69) is 10.6 Å². The highest BCUT2D eigenvalue weighted by molar-refractivity contribution is 5.93. The fourth-order valence-corrected chi connectivity index (χ4v) is 1.40. The number of nitrogens with one attached hydrogen (secondary N) is 3. The summed E-state index contributed by atoms with van der Waals surface area (Å²) in [6, 6.07) is 7.07. The van der Waals surface area contributed by atoms with E-state index >= 15 is 0 Å². The molecule has 0 saturated carbocycles. The van der Waals surface area contributed by atoms with Crippen molar-refractivity contribution in [3.63, 3.8) is 0 Å². The van der Waals surface area contributed by atoms with Crippen LogP contribution in [0.15, 0.2) is 24.3 Å². The van der Waals surface area contributed by atoms with Gasteiger partial charge in [0, 0.05) is 18.3 Å². The number of likely N-dealkylation sites (N-methyl/N-ethyl adjacent to an activating group) is 1. The van der Waals surface area contributed by atoms with E-state index in [1.54, 1.807) is 24.3 Å². The van der Waals surface area contributed by atoms with Gasteiger partial charge in [0.1, 0.15) is 0 Å². The minimum absolute atomic E-state index is 0.0509. The second-order valence-corrected chi connectivity index (χ2v) is 4.19. The molecule has 3 N–H and O–H groups in total. The van der Waals surface area contributed by atoms with Crippen LogP contribution < -0.4 is 15.5 Å². The molecule has 1 rings (SSSR count). The first-order valence-corrected chi connectivity index (χ1v) is 5.44. The van der Waals surface area contributed by atoms with Gasteiger partial charge in [-0.3, -0.25) is 9.59 Å². The first-order chi connectivity index (χ1) is 7.97. The second-order valence-electron chi connectivity index (χ2n) is 4.19. The number of hydrogen-bond acceptors (Lipinski definition) is 2. The lowest BCUT2D eigenvalue weighted by Crippen LogP contribution is -3.06. The Morgan fingerprint density at radius 3 is 2.29 bits per heavy atom. The van der Waals surface area contributed by atoms with E-state index in [1.807, 2.05) is 14.1 Å². The Kier molecular flexibility index (Phi) is 4.66. The number of amides is 2. The molecule has 5 nitrogen and oxygen atoms in total. The first kappa shape index (κ1) is 13.2. The molecule has 0 fully saturated rings. The van der Waals surface area contributed by atoms with Crippen molar-refractivity contribution in [1.82, 2.24) is 0 Å². The summed E-state index contributed by atoms with van der Waals surface area (Å²) in [5, 5.41) is 5.44. The monoisotopic (exact) mass is 236 g/mol. The van der Waals surface area contributed by atoms with Gasteiger partial charge in [0.05, 0.1) is 14.1 Å². The van der Waals surface area contributed by atoms with Crippen LogP contribution in [0, 0.1) is 0 Å². The normalized spacial score (nSPS) is 10.1. The number of benzene rings is 1. The highest BCUT2D eigenvalue weighted by Crippen LogP contribution is 2.14. The Morgan fingerprint density at radius 1 is 1.18 bits per heavy atom. The molecule has 0 radical (unpaired) electrons. The number of rotatable bonds is 4. The molecule has 0 aliphatic carbocycles. The fraction of sp³-hybridized carbons (Fsp3) is 0.333. The van der Waals surface area contributed by atoms with Crippen LogP contribution in [0.1, 0.15) is 6.92 Å². The summed E-state index contributed by atoms with van der Waals surface area (Å²) in [4.78, 5) is 23.5. The van der Waals surface area contributed by atoms with Crippen LogP contribution in [-0.2, 0) is 9.59 Å². The van der Waals surface area contributed by atoms with E-state index in [4.69, 9.17) is 0 Å². The summed E-state index contributed by atoms with van der Waals surface area (Å²) >= 11 is 0. The predicted octanol–water partition coefficient (Wildman–Crippen LogP) is -0.272. The van der Waals surface area contributed by atoms with Gasteiger partial charge >= 0.3 is 0 Å². The van der Waals surface area contributed by atoms with Gasteiger partial charge < -0.3 is 15.5 Å². The van der Waals surface area contributed by atoms with E-state index in [0.29, 0.717) is 17.9 Å². The van der Waals surface area contributed by atoms with Crippen molar-refractivity contribution in [2.24, 2.45) is 0 Å². The molecule has 0 aromatic heterocycles. The average Bonchev–Trinajstić information content (AvgIpc) is 2.14. The summed E-state index contributed by atoms with van der Waals surface area (Å²) in [6.45, 7) is 1.85. The molecule has 0 aliphatic rings. The van der Waals surface area contributed by atoms with Crippen LogP contribution in [0.4, 0.5) is 11.4 Å². The number of quaternary nitrogens is 1. The molecule has 1 aromatic rings. The number of carbonyl (C=O) groups is 2.